The minimum Gasteiger partial charge on any atom is -0.392 e. The van der Waals surface area contributed by atoms with Crippen molar-refractivity contribution in [1.29, 1.82) is 0 Å². The van der Waals surface area contributed by atoms with Crippen LogP contribution in [0.1, 0.15) is 32.6 Å². The molecule has 2 heteroatoms. The summed E-state index contributed by atoms with van der Waals surface area (Å²) >= 11 is 0. The largest absolute Gasteiger partial charge is 0.392 e. The van der Waals surface area contributed by atoms with Crippen LogP contribution in [0, 0.1) is 0 Å². The van der Waals surface area contributed by atoms with Crippen LogP contribution in [-0.2, 0) is 13.0 Å². The molecule has 84 valence electrons. The lowest BCUT2D eigenvalue weighted by molar-refractivity contribution is 0.103. The average Bonchev–Trinajstić information content (AvgIpc) is 2.38. The molecule has 1 aliphatic carbocycles. The van der Waals surface area contributed by atoms with Gasteiger partial charge in [-0.25, -0.2) is 0 Å². The van der Waals surface area contributed by atoms with Crippen molar-refractivity contribution in [2.24, 2.45) is 0 Å². The van der Waals surface area contributed by atoms with E-state index in [1.165, 1.54) is 0 Å². The quantitative estimate of drug-likeness (QED) is 0.688. The van der Waals surface area contributed by atoms with Crippen molar-refractivity contribution >= 4 is 5.78 Å². The van der Waals surface area contributed by atoms with E-state index < -0.39 is 0 Å². The zero-order valence-electron chi connectivity index (χ0n) is 9.31. The van der Waals surface area contributed by atoms with Gasteiger partial charge in [0.25, 0.3) is 0 Å². The van der Waals surface area contributed by atoms with E-state index in [-0.39, 0.29) is 12.4 Å². The number of carbonyl (C=O) groups is 1. The SMILES string of the molecule is O=C1c2ccccc2Cc2cc(CO)ccc21. The van der Waals surface area contributed by atoms with Gasteiger partial charge in [-0.3, -0.25) is 4.79 Å². The van der Waals surface area contributed by atoms with Crippen LogP contribution in [0.25, 0.3) is 0 Å². The summed E-state index contributed by atoms with van der Waals surface area (Å²) in [4.78, 5) is 12.2. The summed E-state index contributed by atoms with van der Waals surface area (Å²) in [6.45, 7) is 0.0170. The van der Waals surface area contributed by atoms with E-state index >= 15 is 0 Å². The number of carbonyl (C=O) groups excluding carboxylic acids is 1. The summed E-state index contributed by atoms with van der Waals surface area (Å²) < 4.78 is 0. The third-order valence-electron chi connectivity index (χ3n) is 3.24. The van der Waals surface area contributed by atoms with E-state index in [4.69, 9.17) is 5.11 Å². The highest BCUT2D eigenvalue weighted by molar-refractivity contribution is 6.12. The number of aliphatic hydroxyl groups excluding tert-OH is 1. The van der Waals surface area contributed by atoms with Gasteiger partial charge < -0.3 is 5.11 Å². The lowest BCUT2D eigenvalue weighted by atomic mass is 9.84. The van der Waals surface area contributed by atoms with Crippen LogP contribution in [0.2, 0.25) is 0 Å². The van der Waals surface area contributed by atoms with Crippen LogP contribution in [0.5, 0.6) is 0 Å². The van der Waals surface area contributed by atoms with Gasteiger partial charge in [-0.2, -0.15) is 0 Å². The average molecular weight is 224 g/mol. The highest BCUT2D eigenvalue weighted by Crippen LogP contribution is 2.27. The molecule has 0 heterocycles. The fourth-order valence-electron chi connectivity index (χ4n) is 2.36. The van der Waals surface area contributed by atoms with Crippen LogP contribution < -0.4 is 0 Å². The Hall–Kier alpha value is -1.93. The van der Waals surface area contributed by atoms with Gasteiger partial charge in [0.1, 0.15) is 0 Å². The Labute approximate surface area is 99.5 Å². The molecule has 2 aromatic rings. The molecule has 0 saturated heterocycles. The van der Waals surface area contributed by atoms with Gasteiger partial charge in [-0.15, -0.1) is 0 Å². The van der Waals surface area contributed by atoms with E-state index in [0.29, 0.717) is 0 Å². The molecule has 17 heavy (non-hydrogen) atoms. The summed E-state index contributed by atoms with van der Waals surface area (Å²) in [6, 6.07) is 13.3. The molecule has 0 amide bonds. The molecule has 2 nitrogen and oxygen atoms in total. The predicted octanol–water partition coefficient (Wildman–Crippen LogP) is 2.31. The monoisotopic (exact) mass is 224 g/mol. The Kier molecular flexibility index (Phi) is 2.30. The fraction of sp³-hybridized carbons (Fsp3) is 0.133. The number of fused-ring (bicyclic) bond motifs is 2. The topological polar surface area (TPSA) is 37.3 Å². The smallest absolute Gasteiger partial charge is 0.193 e. The Balaban J connectivity index is 2.16. The Bertz CT molecular complexity index is 600. The van der Waals surface area contributed by atoms with E-state index in [9.17, 15) is 4.79 Å². The molecular formula is C15H12O2. The molecule has 1 N–H and O–H groups in total. The van der Waals surface area contributed by atoms with Crippen molar-refractivity contribution < 1.29 is 9.90 Å². The summed E-state index contributed by atoms with van der Waals surface area (Å²) in [7, 11) is 0. The molecule has 0 aliphatic heterocycles. The highest BCUT2D eigenvalue weighted by Gasteiger charge is 2.22. The second-order valence-electron chi connectivity index (χ2n) is 4.31. The molecule has 0 fully saturated rings. The lowest BCUT2D eigenvalue weighted by Crippen LogP contribution is -2.15. The second kappa shape index (κ2) is 3.82. The second-order valence-corrected chi connectivity index (χ2v) is 4.31. The number of benzene rings is 2. The van der Waals surface area contributed by atoms with Gasteiger partial charge in [-0.1, -0.05) is 42.5 Å². The number of hydrogen-bond acceptors (Lipinski definition) is 2. The summed E-state index contributed by atoms with van der Waals surface area (Å²) in [6.07, 6.45) is 0.769. The Morgan fingerprint density at radius 2 is 1.76 bits per heavy atom. The summed E-state index contributed by atoms with van der Waals surface area (Å²) in [5.41, 5.74) is 4.51. The number of aliphatic hydroxyl groups is 1. The fourth-order valence-corrected chi connectivity index (χ4v) is 2.36. The van der Waals surface area contributed by atoms with Crippen molar-refractivity contribution in [3.63, 3.8) is 0 Å². The van der Waals surface area contributed by atoms with E-state index in [2.05, 4.69) is 0 Å². The number of rotatable bonds is 1. The van der Waals surface area contributed by atoms with Crippen molar-refractivity contribution in [1.82, 2.24) is 0 Å². The first-order valence-electron chi connectivity index (χ1n) is 5.65. The maximum Gasteiger partial charge on any atom is 0.193 e. The molecule has 0 atom stereocenters. The van der Waals surface area contributed by atoms with E-state index in [1.807, 2.05) is 42.5 Å². The summed E-state index contributed by atoms with van der Waals surface area (Å²) in [5.74, 6) is 0.0892. The van der Waals surface area contributed by atoms with Gasteiger partial charge in [0.05, 0.1) is 6.61 Å². The van der Waals surface area contributed by atoms with Crippen molar-refractivity contribution in [2.45, 2.75) is 13.0 Å². The minimum absolute atomic E-state index is 0.0170. The first kappa shape index (κ1) is 10.2. The zero-order valence-corrected chi connectivity index (χ0v) is 9.31. The van der Waals surface area contributed by atoms with Crippen LogP contribution in [-0.4, -0.2) is 10.9 Å². The molecule has 0 radical (unpaired) electrons. The maximum atomic E-state index is 12.2. The highest BCUT2D eigenvalue weighted by atomic mass is 16.3. The number of ketones is 1. The van der Waals surface area contributed by atoms with Crippen LogP contribution in [0.15, 0.2) is 42.5 Å². The van der Waals surface area contributed by atoms with Gasteiger partial charge in [-0.05, 0) is 23.1 Å². The maximum absolute atomic E-state index is 12.2. The van der Waals surface area contributed by atoms with Crippen LogP contribution in [0.4, 0.5) is 0 Å². The minimum atomic E-state index is 0.0170. The summed E-state index contributed by atoms with van der Waals surface area (Å²) in [5, 5.41) is 9.12. The predicted molar refractivity (Wildman–Crippen MR) is 65.0 cm³/mol. The van der Waals surface area contributed by atoms with Gasteiger partial charge in [0.15, 0.2) is 5.78 Å². The van der Waals surface area contributed by atoms with Gasteiger partial charge in [0, 0.05) is 11.1 Å². The van der Waals surface area contributed by atoms with E-state index in [0.717, 1.165) is 34.2 Å². The Morgan fingerprint density at radius 1 is 1.00 bits per heavy atom. The molecular weight excluding hydrogens is 212 g/mol. The zero-order chi connectivity index (χ0) is 11.8. The molecule has 0 unspecified atom stereocenters. The molecule has 1 aliphatic rings. The molecule has 3 rings (SSSR count). The molecule has 0 spiro atoms. The third kappa shape index (κ3) is 1.58. The normalized spacial score (nSPS) is 13.1. The first-order valence-corrected chi connectivity index (χ1v) is 5.65. The first-order chi connectivity index (χ1) is 8.29. The molecule has 0 bridgehead atoms. The van der Waals surface area contributed by atoms with Crippen molar-refractivity contribution in [2.75, 3.05) is 0 Å². The molecule has 2 aromatic carbocycles. The standard InChI is InChI=1S/C15H12O2/c16-9-10-5-6-14-12(7-10)8-11-3-1-2-4-13(11)15(14)17/h1-7,16H,8-9H2. The van der Waals surface area contributed by atoms with Crippen molar-refractivity contribution in [3.8, 4) is 0 Å². The van der Waals surface area contributed by atoms with E-state index in [1.54, 1.807) is 0 Å². The third-order valence-corrected chi connectivity index (χ3v) is 3.24. The van der Waals surface area contributed by atoms with Crippen molar-refractivity contribution in [3.05, 3.63) is 70.3 Å². The van der Waals surface area contributed by atoms with Crippen LogP contribution >= 0.6 is 0 Å². The number of hydrogen-bond donors (Lipinski definition) is 1. The Morgan fingerprint density at radius 3 is 2.59 bits per heavy atom. The van der Waals surface area contributed by atoms with Gasteiger partial charge >= 0.3 is 0 Å². The molecule has 0 saturated carbocycles. The molecule has 0 aromatic heterocycles. The lowest BCUT2D eigenvalue weighted by Gasteiger charge is -2.18. The van der Waals surface area contributed by atoms with Gasteiger partial charge in [0.2, 0.25) is 0 Å². The van der Waals surface area contributed by atoms with Crippen LogP contribution in [0.3, 0.4) is 0 Å².